The van der Waals surface area contributed by atoms with Crippen LogP contribution in [0.4, 0.5) is 17.1 Å². The van der Waals surface area contributed by atoms with E-state index in [1.165, 1.54) is 61.3 Å². The molecule has 0 spiro atoms. The van der Waals surface area contributed by atoms with Crippen molar-refractivity contribution in [3.05, 3.63) is 275 Å². The fourth-order valence-corrected chi connectivity index (χ4v) is 11.4. The summed E-state index contributed by atoms with van der Waals surface area (Å²) < 4.78 is 6.18. The minimum absolute atomic E-state index is 0.0781. The van der Waals surface area contributed by atoms with E-state index in [1.807, 2.05) is 12.1 Å². The van der Waals surface area contributed by atoms with Gasteiger partial charge in [-0.25, -0.2) is 0 Å². The molecule has 0 saturated carbocycles. The van der Waals surface area contributed by atoms with Gasteiger partial charge in [-0.15, -0.1) is 0 Å². The average Bonchev–Trinajstić information content (AvgIpc) is 3.84. The molecule has 7 aromatic rings. The van der Waals surface area contributed by atoms with Crippen LogP contribution < -0.4 is 4.90 Å². The van der Waals surface area contributed by atoms with Gasteiger partial charge < -0.3 is 9.32 Å². The number of anilines is 3. The fourth-order valence-electron chi connectivity index (χ4n) is 11.4. The zero-order chi connectivity index (χ0) is 48.0. The molecular weight excluding hydrogens is 847 g/mol. The molecular formula is C68H59NO. The molecule has 4 aliphatic carbocycles. The van der Waals surface area contributed by atoms with Crippen LogP contribution >= 0.6 is 0 Å². The van der Waals surface area contributed by atoms with Gasteiger partial charge in [0.25, 0.3) is 0 Å². The minimum Gasteiger partial charge on any atom is -0.456 e. The predicted octanol–water partition coefficient (Wildman–Crippen LogP) is 19.1. The van der Waals surface area contributed by atoms with Crippen molar-refractivity contribution in [1.29, 1.82) is 0 Å². The van der Waals surface area contributed by atoms with Gasteiger partial charge in [0, 0.05) is 38.7 Å². The quantitative estimate of drug-likeness (QED) is 0.158. The zero-order valence-corrected chi connectivity index (χ0v) is 41.0. The number of allylic oxidation sites excluding steroid dienone is 21. The first kappa shape index (κ1) is 44.6. The number of rotatable bonds is 7. The Kier molecular flexibility index (Phi) is 11.6. The second-order valence-electron chi connectivity index (χ2n) is 19.6. The highest BCUT2D eigenvalue weighted by Gasteiger charge is 2.44. The Balaban J connectivity index is 1.00. The summed E-state index contributed by atoms with van der Waals surface area (Å²) in [5.74, 6) is 0. The van der Waals surface area contributed by atoms with Crippen molar-refractivity contribution in [2.45, 2.75) is 59.3 Å². The van der Waals surface area contributed by atoms with Gasteiger partial charge in [0.2, 0.25) is 0 Å². The summed E-state index contributed by atoms with van der Waals surface area (Å²) in [5, 5.41) is 2.27. The van der Waals surface area contributed by atoms with Crippen molar-refractivity contribution in [2.75, 3.05) is 4.90 Å². The third-order valence-electron chi connectivity index (χ3n) is 15.1. The normalized spacial score (nSPS) is 21.8. The third-order valence-corrected chi connectivity index (χ3v) is 15.1. The molecule has 0 N–H and O–H groups in total. The average molecular weight is 906 g/mol. The first-order valence-electron chi connectivity index (χ1n) is 24.8. The number of furan rings is 1. The van der Waals surface area contributed by atoms with Gasteiger partial charge in [-0.2, -0.15) is 0 Å². The van der Waals surface area contributed by atoms with Gasteiger partial charge in [-0.3, -0.25) is 0 Å². The highest BCUT2D eigenvalue weighted by atomic mass is 16.3. The van der Waals surface area contributed by atoms with Gasteiger partial charge in [0.15, 0.2) is 0 Å². The van der Waals surface area contributed by atoms with Crippen LogP contribution in [0, 0.1) is 5.41 Å². The van der Waals surface area contributed by atoms with Crippen LogP contribution in [0.3, 0.4) is 0 Å². The molecule has 0 aliphatic heterocycles. The van der Waals surface area contributed by atoms with Gasteiger partial charge in [-0.05, 0) is 173 Å². The van der Waals surface area contributed by atoms with E-state index in [1.54, 1.807) is 0 Å². The number of benzene rings is 6. The van der Waals surface area contributed by atoms with Gasteiger partial charge >= 0.3 is 0 Å². The van der Waals surface area contributed by atoms with Crippen LogP contribution in [0.1, 0.15) is 70.6 Å². The second kappa shape index (κ2) is 18.2. The lowest BCUT2D eigenvalue weighted by atomic mass is 9.71. The molecule has 1 atom stereocenters. The lowest BCUT2D eigenvalue weighted by Crippen LogP contribution is -2.21. The summed E-state index contributed by atoms with van der Waals surface area (Å²) in [4.78, 5) is 2.41. The molecule has 0 radical (unpaired) electrons. The van der Waals surface area contributed by atoms with Crippen LogP contribution in [-0.4, -0.2) is 0 Å². The van der Waals surface area contributed by atoms with Crippen LogP contribution in [-0.2, 0) is 5.41 Å². The number of nitrogens with zero attached hydrogens (tertiary/aromatic N) is 1. The van der Waals surface area contributed by atoms with Gasteiger partial charge in [0.05, 0.1) is 0 Å². The van der Waals surface area contributed by atoms with Crippen LogP contribution in [0.15, 0.2) is 263 Å². The Labute approximate surface area is 414 Å². The second-order valence-corrected chi connectivity index (χ2v) is 19.6. The van der Waals surface area contributed by atoms with E-state index in [9.17, 15) is 0 Å². The Hall–Kier alpha value is -7.94. The molecule has 0 fully saturated rings. The molecule has 0 amide bonds. The molecule has 4 aliphatic rings. The summed E-state index contributed by atoms with van der Waals surface area (Å²) in [6.45, 7) is 15.8. The maximum Gasteiger partial charge on any atom is 0.135 e. The lowest BCUT2D eigenvalue weighted by molar-refractivity contribution is 0.627. The molecule has 6 aromatic carbocycles. The standard InChI is InChI=1S/C68H59NO/c1-7-9-26-63-55(8-2)56-25-19-21-49(44-64(56)68(63,6)51-22-14-12-10-11-13-20-46(3)29-35-51)47-30-36-52(37-31-47)69(54-40-41-62-59(45-54)57-23-15-17-27-61(57)67(62,4)5)53-38-32-48(33-39-53)50-34-42-66-60(43-50)58-24-16-18-28-65(58)70-66/h7-11,13-24,26-28,30-45H,3,12,25,29H2,1-2,4-6H3/b9-7-,11-10-,20-13-,22-14-,51-35+,55-8-,63-26+. The highest BCUT2D eigenvalue weighted by Crippen LogP contribution is 2.58. The molecule has 11 rings (SSSR count). The number of fused-ring (bicyclic) bond motifs is 6. The molecule has 1 aromatic heterocycles. The van der Waals surface area contributed by atoms with Crippen molar-refractivity contribution in [3.63, 3.8) is 0 Å². The maximum absolute atomic E-state index is 6.18. The molecule has 1 unspecified atom stereocenters. The highest BCUT2D eigenvalue weighted by molar-refractivity contribution is 6.06. The van der Waals surface area contributed by atoms with Gasteiger partial charge in [0.1, 0.15) is 11.2 Å². The molecule has 2 nitrogen and oxygen atoms in total. The Morgan fingerprint density at radius 1 is 0.614 bits per heavy atom. The van der Waals surface area contributed by atoms with E-state index >= 15 is 0 Å². The molecule has 0 saturated heterocycles. The van der Waals surface area contributed by atoms with Crippen LogP contribution in [0.25, 0.3) is 49.8 Å². The summed E-state index contributed by atoms with van der Waals surface area (Å²) in [7, 11) is 0. The summed E-state index contributed by atoms with van der Waals surface area (Å²) in [6.07, 6.45) is 34.3. The van der Waals surface area contributed by atoms with E-state index in [0.717, 1.165) is 75.0 Å². The zero-order valence-electron chi connectivity index (χ0n) is 41.0. The van der Waals surface area contributed by atoms with Crippen LogP contribution in [0.2, 0.25) is 0 Å². The molecule has 1 heterocycles. The fraction of sp³-hybridized carbons (Fsp3) is 0.147. The Bertz CT molecular complexity index is 3560. The van der Waals surface area contributed by atoms with E-state index in [-0.39, 0.29) is 10.8 Å². The van der Waals surface area contributed by atoms with E-state index in [0.29, 0.717) is 0 Å². The molecule has 342 valence electrons. The van der Waals surface area contributed by atoms with Crippen molar-refractivity contribution >= 4 is 44.6 Å². The molecule has 2 heteroatoms. The van der Waals surface area contributed by atoms with Gasteiger partial charge in [-0.1, -0.05) is 184 Å². The number of hydrogen-bond acceptors (Lipinski definition) is 2. The monoisotopic (exact) mass is 905 g/mol. The molecule has 0 bridgehead atoms. The smallest absolute Gasteiger partial charge is 0.135 e. The Morgan fingerprint density at radius 2 is 1.33 bits per heavy atom. The minimum atomic E-state index is -0.381. The lowest BCUT2D eigenvalue weighted by Gasteiger charge is -2.32. The number of para-hydroxylation sites is 1. The van der Waals surface area contributed by atoms with Crippen molar-refractivity contribution in [2.24, 2.45) is 5.41 Å². The van der Waals surface area contributed by atoms with Crippen molar-refractivity contribution in [1.82, 2.24) is 0 Å². The summed E-state index contributed by atoms with van der Waals surface area (Å²) >= 11 is 0. The summed E-state index contributed by atoms with van der Waals surface area (Å²) in [5.41, 5.74) is 22.5. The Morgan fingerprint density at radius 3 is 2.13 bits per heavy atom. The van der Waals surface area contributed by atoms with E-state index in [2.05, 4.69) is 252 Å². The number of hydrogen-bond donors (Lipinski definition) is 0. The third kappa shape index (κ3) is 7.69. The predicted molar refractivity (Wildman–Crippen MR) is 299 cm³/mol. The first-order chi connectivity index (χ1) is 34.2. The topological polar surface area (TPSA) is 16.4 Å². The summed E-state index contributed by atoms with van der Waals surface area (Å²) in [6, 6.07) is 49.0. The molecule has 70 heavy (non-hydrogen) atoms. The first-order valence-corrected chi connectivity index (χ1v) is 24.8. The SMILES string of the molecule is C=C1/C=C\C=C/C/C=C\C(C2(C)C3=C(CC=CC(c4ccc(N(c5ccc(-c6ccc7oc8ccccc8c7c6)cc5)c5ccc6c(c5)-c5ccccc5C6(C)C)cc4)=C3)C(=C/C)/C2=C\C=C/C)=C/C1. The largest absolute Gasteiger partial charge is 0.456 e. The maximum atomic E-state index is 6.18. The van der Waals surface area contributed by atoms with Crippen molar-refractivity contribution in [3.8, 4) is 22.3 Å². The van der Waals surface area contributed by atoms with Crippen LogP contribution in [0.5, 0.6) is 0 Å². The van der Waals surface area contributed by atoms with E-state index in [4.69, 9.17) is 4.42 Å². The van der Waals surface area contributed by atoms with E-state index < -0.39 is 0 Å². The van der Waals surface area contributed by atoms with Crippen molar-refractivity contribution < 1.29 is 4.42 Å².